The number of primary amides is 1. The van der Waals surface area contributed by atoms with E-state index >= 15 is 0 Å². The molecule has 0 radical (unpaired) electrons. The molecule has 0 atom stereocenters. The second kappa shape index (κ2) is 48.2. The fourth-order valence-corrected chi connectivity index (χ4v) is 17.2. The van der Waals surface area contributed by atoms with E-state index in [0.717, 1.165) is 227 Å². The topological polar surface area (TPSA) is 535 Å². The SMILES string of the molecule is Cc1c(CNC2CCC(CNc3nc(NCc4cnccc4C(F)(F)F)ncc3[N+](=O)[O-])CC2)cnn1C.NC(=O)CNC1CCC(CNc2nc(NCc3cnccc3C(F)(F)F)ncc2[N+](=O)[O-])CC1.O=[N+]([O-])c1cnc(NCc2cnccc2C(F)(F)F)nc1NCC1CCC(N2CC(O)C2)CC1.O=[N+]([O-])c1cnc(NCc2cnccc2C(F)(F)F)nc1NCC1CCC(N2CCC2)CC1. The molecule has 6 aliphatic rings. The number of hydrogen-bond donors (Lipinski definition) is 12. The standard InChI is InChI=1S/C24H30F3N9O2.C21H26F3N7O3.C21H26F3N7O2.C20H25F3N8O3/c1-15-17(13-33-35(15)2)11-29-19-5-3-16(4-6-19)9-30-22-21(36(37)38)14-32-23(34-22)31-12-18-10-28-8-7-20(18)24(25,26)27;22-21(23,24)17-5-6-25-8-14(17)9-27-20-28-10-18(31(33)34)19(29-20)26-7-13-1-3-15(4-2-13)30-11-16(32)12-30;22-21(23,24)17-6-7-25-11-15(17)12-27-20-28-13-18(31(32)33)19(29-20)26-10-14-2-4-16(5-3-14)30-8-1-9-30;21-20(22,23)15-5-6-25-8-13(15)9-28-19-29-10-16(31(33)34)18(30-19)27-7-12-1-3-14(4-2-12)26-11-17(24)32/h7-8,10,13-14,16,19,29H,3-6,9,11-12H2,1-2H3,(H2,30,31,32,34);5-6,8,10,13,15-16,32H,1-4,7,9,11-12H2,(H2,26,27,28,29);6-7,11,13-14,16H,1-5,8-10,12H2,(H2,26,27,28,29);5-6,8,10,12,14,26H,1-4,7,9,11H2,(H2,24,32)(H2,27,28,29,30). The smallest absolute Gasteiger partial charge is 0.390 e. The van der Waals surface area contributed by atoms with Crippen molar-refractivity contribution in [1.29, 1.82) is 0 Å². The first-order chi connectivity index (χ1) is 66.3. The summed E-state index contributed by atoms with van der Waals surface area (Å²) in [4.78, 5) is 106. The number of pyridine rings is 4. The van der Waals surface area contributed by atoms with Crippen LogP contribution in [-0.4, -0.2) is 199 Å². The maximum absolute atomic E-state index is 13.2. The maximum atomic E-state index is 13.2. The van der Waals surface area contributed by atoms with E-state index in [1.807, 2.05) is 24.9 Å². The van der Waals surface area contributed by atoms with Crippen LogP contribution in [0.2, 0.25) is 0 Å². The predicted octanol–water partition coefficient (Wildman–Crippen LogP) is 13.8. The second-order valence-electron chi connectivity index (χ2n) is 34.7. The number of nitro groups is 4. The minimum Gasteiger partial charge on any atom is -0.390 e. The molecule has 9 aromatic heterocycles. The summed E-state index contributed by atoms with van der Waals surface area (Å²) in [7, 11) is 1.92. The highest BCUT2D eigenvalue weighted by molar-refractivity contribution is 5.76. The van der Waals surface area contributed by atoms with E-state index in [0.29, 0.717) is 62.1 Å². The minimum absolute atomic E-state index is 0.00145. The number of aromatic nitrogens is 14. The summed E-state index contributed by atoms with van der Waals surface area (Å²) in [6, 6.07) is 5.26. The summed E-state index contributed by atoms with van der Waals surface area (Å²) < 4.78 is 160. The number of rotatable bonds is 36. The number of aryl methyl sites for hydroxylation is 1. The fraction of sp³-hybridized carbons (Fsp3) is 0.535. The van der Waals surface area contributed by atoms with Crippen molar-refractivity contribution in [2.45, 2.75) is 204 Å². The monoisotopic (exact) mass is 1960 g/mol. The Hall–Kier alpha value is -13.4. The number of nitrogens with two attached hydrogens (primary N) is 1. The Morgan fingerprint density at radius 3 is 0.942 bits per heavy atom. The molecule has 53 heteroatoms. The van der Waals surface area contributed by atoms with E-state index in [2.05, 4.69) is 128 Å². The zero-order chi connectivity index (χ0) is 99.7. The quantitative estimate of drug-likeness (QED) is 0.00985. The first kappa shape index (κ1) is 104. The van der Waals surface area contributed by atoms with Gasteiger partial charge in [0.15, 0.2) is 0 Å². The number of hydrogen-bond acceptors (Lipinski definition) is 35. The van der Waals surface area contributed by atoms with Gasteiger partial charge in [-0.1, -0.05) is 0 Å². The molecular weight excluding hydrogens is 1860 g/mol. The molecule has 750 valence electrons. The molecule has 0 unspecified atom stereocenters. The van der Waals surface area contributed by atoms with Crippen LogP contribution >= 0.6 is 0 Å². The first-order valence-corrected chi connectivity index (χ1v) is 45.1. The van der Waals surface area contributed by atoms with Gasteiger partial charge in [0.2, 0.25) is 53.0 Å². The summed E-state index contributed by atoms with van der Waals surface area (Å²) in [6.45, 7) is 7.73. The number of nitrogens with zero attached hydrogens (tertiary/aromatic N) is 20. The van der Waals surface area contributed by atoms with Crippen LogP contribution < -0.4 is 58.9 Å². The van der Waals surface area contributed by atoms with Crippen LogP contribution in [-0.2, 0) is 69.3 Å². The predicted molar refractivity (Wildman–Crippen MR) is 484 cm³/mol. The molecule has 1 amide bonds. The van der Waals surface area contributed by atoms with Gasteiger partial charge in [-0.15, -0.1) is 0 Å². The van der Waals surface area contributed by atoms with E-state index in [9.17, 15) is 103 Å². The van der Waals surface area contributed by atoms with Gasteiger partial charge < -0.3 is 68.9 Å². The molecule has 15 rings (SSSR count). The molecule has 13 N–H and O–H groups in total. The number of alkyl halides is 12. The average Bonchev–Trinajstić information content (AvgIpc) is 1.60. The molecule has 0 aromatic carbocycles. The lowest BCUT2D eigenvalue weighted by Gasteiger charge is -2.44. The van der Waals surface area contributed by atoms with Crippen molar-refractivity contribution in [1.82, 2.24) is 90.0 Å². The maximum Gasteiger partial charge on any atom is 0.416 e. The molecule has 9 aromatic rings. The van der Waals surface area contributed by atoms with Crippen molar-refractivity contribution in [3.8, 4) is 0 Å². The van der Waals surface area contributed by atoms with E-state index in [1.54, 1.807) is 0 Å². The molecule has 41 nitrogen and oxygen atoms in total. The van der Waals surface area contributed by atoms with Gasteiger partial charge >= 0.3 is 47.5 Å². The van der Waals surface area contributed by atoms with Crippen LogP contribution in [0.1, 0.15) is 165 Å². The van der Waals surface area contributed by atoms with Gasteiger partial charge in [-0.25, -0.2) is 19.9 Å². The summed E-state index contributed by atoms with van der Waals surface area (Å²) in [5.41, 5.74) is 2.63. The number of aliphatic hydroxyl groups is 1. The molecule has 0 spiro atoms. The Labute approximate surface area is 787 Å². The van der Waals surface area contributed by atoms with Crippen molar-refractivity contribution >= 4 is 75.7 Å². The summed E-state index contributed by atoms with van der Waals surface area (Å²) in [5.74, 6) is 0.845. The number of likely N-dealkylation sites (tertiary alicyclic amines) is 2. The third-order valence-corrected chi connectivity index (χ3v) is 25.3. The normalized spacial score (nSPS) is 19.7. The summed E-state index contributed by atoms with van der Waals surface area (Å²) in [5, 5.41) is 89.1. The van der Waals surface area contributed by atoms with Gasteiger partial charge in [-0.3, -0.25) is 74.8 Å². The average molecular weight is 1960 g/mol. The van der Waals surface area contributed by atoms with Gasteiger partial charge in [0.1, 0.15) is 24.8 Å². The highest BCUT2D eigenvalue weighted by Gasteiger charge is 2.40. The zero-order valence-electron chi connectivity index (χ0n) is 75.6. The number of amides is 1. The van der Waals surface area contributed by atoms with Crippen molar-refractivity contribution < 1.29 is 82.3 Å². The van der Waals surface area contributed by atoms with Gasteiger partial charge in [0.25, 0.3) is 0 Å². The lowest BCUT2D eigenvalue weighted by atomic mass is 9.84. The number of β-amino-alcohol motifs (C(OH)–C–C–N with tert-alkyl or cyclic N) is 1. The number of aliphatic hydroxyl groups excluding tert-OH is 1. The molecule has 139 heavy (non-hydrogen) atoms. The van der Waals surface area contributed by atoms with Crippen LogP contribution in [0, 0.1) is 71.1 Å². The van der Waals surface area contributed by atoms with Gasteiger partial charge in [0, 0.05) is 186 Å². The van der Waals surface area contributed by atoms with Crippen LogP contribution in [0.25, 0.3) is 0 Å². The third-order valence-electron chi connectivity index (χ3n) is 25.3. The Morgan fingerprint density at radius 2 is 0.691 bits per heavy atom. The van der Waals surface area contributed by atoms with Crippen molar-refractivity contribution in [2.24, 2.45) is 36.5 Å². The molecule has 11 heterocycles. The van der Waals surface area contributed by atoms with Crippen LogP contribution in [0.3, 0.4) is 0 Å². The number of anilines is 8. The highest BCUT2D eigenvalue weighted by Crippen LogP contribution is 2.40. The number of carbonyl (C=O) groups excluding carboxylic acids is 1. The number of halogens is 12. The van der Waals surface area contributed by atoms with Gasteiger partial charge in [0.05, 0.1) is 60.8 Å². The van der Waals surface area contributed by atoms with E-state index in [4.69, 9.17) is 5.73 Å². The first-order valence-electron chi connectivity index (χ1n) is 45.1. The van der Waals surface area contributed by atoms with Crippen molar-refractivity contribution in [2.75, 3.05) is 101 Å². The number of nitrogens with one attached hydrogen (secondary N) is 10. The summed E-state index contributed by atoms with van der Waals surface area (Å²) >= 11 is 0. The minimum atomic E-state index is -4.54. The molecule has 2 saturated heterocycles. The fourth-order valence-electron chi connectivity index (χ4n) is 17.2. The molecule has 2 aliphatic heterocycles. The number of carbonyl (C=O) groups is 1. The molecule has 4 aliphatic carbocycles. The third kappa shape index (κ3) is 30.5. The van der Waals surface area contributed by atoms with Gasteiger partial charge in [-0.05, 0) is 177 Å². The van der Waals surface area contributed by atoms with Gasteiger partial charge in [-0.2, -0.15) is 77.7 Å². The Kier molecular flexibility index (Phi) is 36.2. The Bertz CT molecular complexity index is 5600. The second-order valence-corrected chi connectivity index (χ2v) is 34.7. The Morgan fingerprint density at radius 1 is 0.403 bits per heavy atom. The highest BCUT2D eigenvalue weighted by atomic mass is 19.4. The molecule has 6 fully saturated rings. The van der Waals surface area contributed by atoms with Crippen molar-refractivity contribution in [3.05, 3.63) is 201 Å². The van der Waals surface area contributed by atoms with E-state index in [-0.39, 0.29) is 143 Å². The molecule has 4 saturated carbocycles. The van der Waals surface area contributed by atoms with Crippen molar-refractivity contribution in [3.63, 3.8) is 0 Å². The van der Waals surface area contributed by atoms with E-state index in [1.165, 1.54) is 25.1 Å². The van der Waals surface area contributed by atoms with Crippen LogP contribution in [0.5, 0.6) is 0 Å². The van der Waals surface area contributed by atoms with Crippen LogP contribution in [0.15, 0.2) is 105 Å². The largest absolute Gasteiger partial charge is 0.416 e. The zero-order valence-corrected chi connectivity index (χ0v) is 75.6. The lowest BCUT2D eigenvalue weighted by molar-refractivity contribution is -0.384. The van der Waals surface area contributed by atoms with Crippen LogP contribution in [0.4, 0.5) is 122 Å². The molecule has 0 bridgehead atoms. The lowest BCUT2D eigenvalue weighted by Crippen LogP contribution is -2.56. The van der Waals surface area contributed by atoms with E-state index < -0.39 is 72.6 Å². The molecular formula is C86H107F12N31O10. The Balaban J connectivity index is 0.000000166. The summed E-state index contributed by atoms with van der Waals surface area (Å²) in [6.07, 6.45) is 13.1.